The lowest BCUT2D eigenvalue weighted by atomic mass is 9.88. The van der Waals surface area contributed by atoms with Crippen molar-refractivity contribution in [2.24, 2.45) is 0 Å². The van der Waals surface area contributed by atoms with Crippen LogP contribution in [-0.4, -0.2) is 4.98 Å². The second-order valence-corrected chi connectivity index (χ2v) is 5.04. The molecule has 2 heteroatoms. The van der Waals surface area contributed by atoms with Crippen LogP contribution in [0.25, 0.3) is 5.70 Å². The van der Waals surface area contributed by atoms with Crippen LogP contribution >= 0.6 is 0 Å². The maximum absolute atomic E-state index is 4.36. The zero-order valence-corrected chi connectivity index (χ0v) is 11.2. The molecule has 1 saturated carbocycles. The second kappa shape index (κ2) is 5.27. The molecular formula is C17H18N2. The van der Waals surface area contributed by atoms with Gasteiger partial charge in [-0.2, -0.15) is 0 Å². The van der Waals surface area contributed by atoms with E-state index in [1.54, 1.807) is 0 Å². The summed E-state index contributed by atoms with van der Waals surface area (Å²) in [5.41, 5.74) is 5.30. The van der Waals surface area contributed by atoms with E-state index in [2.05, 4.69) is 41.5 Å². The van der Waals surface area contributed by atoms with Gasteiger partial charge in [0, 0.05) is 11.9 Å². The summed E-state index contributed by atoms with van der Waals surface area (Å²) in [5.74, 6) is 0.914. The number of benzene rings is 1. The maximum Gasteiger partial charge on any atom is 0.130 e. The Morgan fingerprint density at radius 1 is 1.05 bits per heavy atom. The first-order chi connectivity index (χ1) is 9.33. The van der Waals surface area contributed by atoms with Gasteiger partial charge in [-0.3, -0.25) is 0 Å². The summed E-state index contributed by atoms with van der Waals surface area (Å²) in [5, 5.41) is 3.49. The van der Waals surface area contributed by atoms with Gasteiger partial charge in [-0.1, -0.05) is 35.9 Å². The summed E-state index contributed by atoms with van der Waals surface area (Å²) in [6.07, 6.45) is 5.52. The van der Waals surface area contributed by atoms with E-state index in [4.69, 9.17) is 0 Å². The van der Waals surface area contributed by atoms with Crippen LogP contribution in [0.2, 0.25) is 0 Å². The zero-order chi connectivity index (χ0) is 13.1. The molecule has 0 aliphatic heterocycles. The normalized spacial score (nSPS) is 13.8. The fourth-order valence-corrected chi connectivity index (χ4v) is 2.25. The molecule has 0 saturated heterocycles. The largest absolute Gasteiger partial charge is 0.340 e. The molecule has 96 valence electrons. The Labute approximate surface area is 114 Å². The molecule has 1 fully saturated rings. The smallest absolute Gasteiger partial charge is 0.130 e. The van der Waals surface area contributed by atoms with Crippen LogP contribution in [-0.2, 0) is 0 Å². The fourth-order valence-electron chi connectivity index (χ4n) is 2.25. The van der Waals surface area contributed by atoms with Crippen molar-refractivity contribution in [1.82, 2.24) is 4.98 Å². The molecule has 3 rings (SSSR count). The Balaban J connectivity index is 1.93. The summed E-state index contributed by atoms with van der Waals surface area (Å²) in [6, 6.07) is 14.6. The number of aryl methyl sites for hydroxylation is 1. The number of allylic oxidation sites excluding steroid dienone is 1. The molecule has 19 heavy (non-hydrogen) atoms. The highest BCUT2D eigenvalue weighted by Gasteiger charge is 2.16. The number of pyridine rings is 1. The number of nitrogens with one attached hydrogen (secondary N) is 1. The third kappa shape index (κ3) is 2.68. The minimum absolute atomic E-state index is 0.914. The van der Waals surface area contributed by atoms with Gasteiger partial charge in [-0.25, -0.2) is 4.98 Å². The third-order valence-electron chi connectivity index (χ3n) is 3.57. The van der Waals surface area contributed by atoms with Gasteiger partial charge >= 0.3 is 0 Å². The van der Waals surface area contributed by atoms with Crippen LogP contribution in [0.4, 0.5) is 5.82 Å². The van der Waals surface area contributed by atoms with Gasteiger partial charge in [-0.15, -0.1) is 0 Å². The first-order valence-electron chi connectivity index (χ1n) is 6.80. The molecule has 1 aliphatic carbocycles. The van der Waals surface area contributed by atoms with Crippen molar-refractivity contribution in [2.75, 3.05) is 5.32 Å². The van der Waals surface area contributed by atoms with E-state index < -0.39 is 0 Å². The Bertz CT molecular complexity index is 576. The van der Waals surface area contributed by atoms with Crippen LogP contribution in [0.5, 0.6) is 0 Å². The topological polar surface area (TPSA) is 24.9 Å². The van der Waals surface area contributed by atoms with Crippen molar-refractivity contribution in [3.63, 3.8) is 0 Å². The van der Waals surface area contributed by atoms with E-state index >= 15 is 0 Å². The predicted molar refractivity (Wildman–Crippen MR) is 79.8 cm³/mol. The standard InChI is InChI=1S/C17H18N2/c1-13-8-10-15(11-9-13)17(14-5-4-6-14)19-16-7-2-3-12-18-16/h2-3,7-12H,4-6H2,1H3,(H,18,19). The highest BCUT2D eigenvalue weighted by atomic mass is 15.0. The molecule has 2 nitrogen and oxygen atoms in total. The van der Waals surface area contributed by atoms with Crippen molar-refractivity contribution in [2.45, 2.75) is 26.2 Å². The lowest BCUT2D eigenvalue weighted by molar-refractivity contribution is 0.665. The SMILES string of the molecule is Cc1ccc(C(Nc2ccccn2)=C2CCC2)cc1. The minimum Gasteiger partial charge on any atom is -0.340 e. The summed E-state index contributed by atoms with van der Waals surface area (Å²) in [7, 11) is 0. The molecule has 0 bridgehead atoms. The summed E-state index contributed by atoms with van der Waals surface area (Å²) < 4.78 is 0. The zero-order valence-electron chi connectivity index (χ0n) is 11.2. The number of anilines is 1. The number of hydrogen-bond donors (Lipinski definition) is 1. The Morgan fingerprint density at radius 2 is 1.84 bits per heavy atom. The van der Waals surface area contributed by atoms with Gasteiger partial charge in [0.25, 0.3) is 0 Å². The van der Waals surface area contributed by atoms with Crippen LogP contribution < -0.4 is 5.32 Å². The molecule has 1 aliphatic rings. The fraction of sp³-hybridized carbons (Fsp3) is 0.235. The lowest BCUT2D eigenvalue weighted by Gasteiger charge is -2.23. The van der Waals surface area contributed by atoms with Gasteiger partial charge in [0.2, 0.25) is 0 Å². The number of nitrogens with zero attached hydrogens (tertiary/aromatic N) is 1. The molecule has 1 heterocycles. The van der Waals surface area contributed by atoms with E-state index in [1.165, 1.54) is 41.7 Å². The average molecular weight is 250 g/mol. The van der Waals surface area contributed by atoms with Crippen LogP contribution in [0.3, 0.4) is 0 Å². The molecule has 0 spiro atoms. The quantitative estimate of drug-likeness (QED) is 0.873. The van der Waals surface area contributed by atoms with Gasteiger partial charge in [-0.05, 0) is 49.5 Å². The molecule has 0 radical (unpaired) electrons. The lowest BCUT2D eigenvalue weighted by Crippen LogP contribution is -2.09. The maximum atomic E-state index is 4.36. The molecule has 0 unspecified atom stereocenters. The number of hydrogen-bond acceptors (Lipinski definition) is 2. The summed E-state index contributed by atoms with van der Waals surface area (Å²) in [4.78, 5) is 4.36. The van der Waals surface area contributed by atoms with Crippen LogP contribution in [0.1, 0.15) is 30.4 Å². The van der Waals surface area contributed by atoms with Crippen molar-refractivity contribution in [1.29, 1.82) is 0 Å². The Morgan fingerprint density at radius 3 is 2.42 bits per heavy atom. The van der Waals surface area contributed by atoms with Crippen molar-refractivity contribution in [3.05, 3.63) is 65.4 Å². The highest BCUT2D eigenvalue weighted by molar-refractivity contribution is 5.78. The first-order valence-corrected chi connectivity index (χ1v) is 6.80. The number of aromatic nitrogens is 1. The molecule has 1 N–H and O–H groups in total. The van der Waals surface area contributed by atoms with Crippen molar-refractivity contribution in [3.8, 4) is 0 Å². The van der Waals surface area contributed by atoms with Gasteiger partial charge < -0.3 is 5.32 Å². The molecule has 1 aromatic heterocycles. The molecule has 0 amide bonds. The monoisotopic (exact) mass is 250 g/mol. The summed E-state index contributed by atoms with van der Waals surface area (Å²) in [6.45, 7) is 2.12. The van der Waals surface area contributed by atoms with E-state index in [9.17, 15) is 0 Å². The van der Waals surface area contributed by atoms with E-state index in [-0.39, 0.29) is 0 Å². The Kier molecular flexibility index (Phi) is 3.32. The first kappa shape index (κ1) is 12.0. The van der Waals surface area contributed by atoms with E-state index in [0.717, 1.165) is 5.82 Å². The summed E-state index contributed by atoms with van der Waals surface area (Å²) >= 11 is 0. The third-order valence-corrected chi connectivity index (χ3v) is 3.57. The molecule has 1 aromatic carbocycles. The predicted octanol–water partition coefficient (Wildman–Crippen LogP) is 4.40. The Hall–Kier alpha value is -2.09. The molecule has 0 atom stereocenters. The minimum atomic E-state index is 0.914. The highest BCUT2D eigenvalue weighted by Crippen LogP contribution is 2.33. The molecular weight excluding hydrogens is 232 g/mol. The average Bonchev–Trinajstić information content (AvgIpc) is 2.38. The van der Waals surface area contributed by atoms with Gasteiger partial charge in [0.05, 0.1) is 0 Å². The number of rotatable bonds is 3. The van der Waals surface area contributed by atoms with Crippen LogP contribution in [0, 0.1) is 6.92 Å². The molecule has 2 aromatic rings. The second-order valence-electron chi connectivity index (χ2n) is 5.04. The van der Waals surface area contributed by atoms with Gasteiger partial charge in [0.1, 0.15) is 5.82 Å². The van der Waals surface area contributed by atoms with E-state index in [1.807, 2.05) is 24.4 Å². The van der Waals surface area contributed by atoms with E-state index in [0.29, 0.717) is 0 Å². The van der Waals surface area contributed by atoms with Gasteiger partial charge in [0.15, 0.2) is 0 Å². The van der Waals surface area contributed by atoms with Crippen molar-refractivity contribution >= 4 is 11.5 Å². The van der Waals surface area contributed by atoms with Crippen LogP contribution in [0.15, 0.2) is 54.2 Å². The van der Waals surface area contributed by atoms with Crippen molar-refractivity contribution < 1.29 is 0 Å².